The van der Waals surface area contributed by atoms with E-state index < -0.39 is 0 Å². The molecule has 2 rings (SSSR count). The molecule has 0 atom stereocenters. The summed E-state index contributed by atoms with van der Waals surface area (Å²) in [6.45, 7) is 3.95. The lowest BCUT2D eigenvalue weighted by Gasteiger charge is -2.10. The Bertz CT molecular complexity index is 335. The van der Waals surface area contributed by atoms with Crippen LogP contribution in [0.25, 0.3) is 0 Å². The molecule has 1 aromatic rings. The molecule has 1 aromatic heterocycles. The third-order valence-corrected chi connectivity index (χ3v) is 3.16. The topological polar surface area (TPSA) is 12.9 Å². The Morgan fingerprint density at radius 2 is 2.14 bits per heavy atom. The summed E-state index contributed by atoms with van der Waals surface area (Å²) in [6, 6.07) is 1.60. The van der Waals surface area contributed by atoms with Gasteiger partial charge in [0, 0.05) is 17.2 Å². The first kappa shape index (κ1) is 10.1. The maximum Gasteiger partial charge on any atom is 0.131 e. The monoisotopic (exact) mass is 257 g/mol. The molecule has 0 aliphatic heterocycles. The van der Waals surface area contributed by atoms with Crippen LogP contribution >= 0.6 is 15.9 Å². The largest absolute Gasteiger partial charge is 0.245 e. The zero-order valence-corrected chi connectivity index (χ0v) is 9.94. The van der Waals surface area contributed by atoms with E-state index >= 15 is 0 Å². The van der Waals surface area contributed by atoms with Gasteiger partial charge in [0.15, 0.2) is 0 Å². The van der Waals surface area contributed by atoms with Gasteiger partial charge in [0.05, 0.1) is 0 Å². The Hall–Kier alpha value is -0.440. The maximum absolute atomic E-state index is 13.7. The molecule has 1 fully saturated rings. The predicted octanol–water partition coefficient (Wildman–Crippen LogP) is 3.98. The molecule has 14 heavy (non-hydrogen) atoms. The van der Waals surface area contributed by atoms with Gasteiger partial charge in [-0.15, -0.1) is 0 Å². The third kappa shape index (κ3) is 1.83. The Labute approximate surface area is 91.9 Å². The van der Waals surface area contributed by atoms with Crippen molar-refractivity contribution in [2.75, 3.05) is 0 Å². The van der Waals surface area contributed by atoms with E-state index in [4.69, 9.17) is 0 Å². The van der Waals surface area contributed by atoms with Crippen LogP contribution in [-0.4, -0.2) is 4.98 Å². The molecule has 1 heterocycles. The number of halogens is 2. The Morgan fingerprint density at radius 3 is 2.57 bits per heavy atom. The highest BCUT2D eigenvalue weighted by Crippen LogP contribution is 2.40. The first-order chi connectivity index (χ1) is 6.59. The molecule has 3 heteroatoms. The van der Waals surface area contributed by atoms with Crippen molar-refractivity contribution in [3.63, 3.8) is 0 Å². The van der Waals surface area contributed by atoms with Gasteiger partial charge in [-0.2, -0.15) is 0 Å². The average Bonchev–Trinajstić information content (AvgIpc) is 2.83. The fraction of sp³-hybridized carbons (Fsp3) is 0.545. The van der Waals surface area contributed by atoms with Crippen LogP contribution in [0.1, 0.15) is 49.8 Å². The van der Waals surface area contributed by atoms with Crippen molar-refractivity contribution in [2.24, 2.45) is 0 Å². The highest BCUT2D eigenvalue weighted by Gasteiger charge is 2.27. The quantitative estimate of drug-likeness (QED) is 0.731. The molecule has 0 spiro atoms. The SMILES string of the molecule is CC(C)c1c(F)cc(C2CC2)nc1Br. The minimum atomic E-state index is -0.122. The lowest BCUT2D eigenvalue weighted by Crippen LogP contribution is -2.00. The van der Waals surface area contributed by atoms with Crippen molar-refractivity contribution in [2.45, 2.75) is 38.5 Å². The van der Waals surface area contributed by atoms with Crippen LogP contribution in [-0.2, 0) is 0 Å². The third-order valence-electron chi connectivity index (χ3n) is 2.55. The molecule has 1 aliphatic rings. The Balaban J connectivity index is 2.43. The summed E-state index contributed by atoms with van der Waals surface area (Å²) in [7, 11) is 0. The van der Waals surface area contributed by atoms with Gasteiger partial charge >= 0.3 is 0 Å². The number of aromatic nitrogens is 1. The van der Waals surface area contributed by atoms with Gasteiger partial charge < -0.3 is 0 Å². The normalized spacial score (nSPS) is 16.4. The molecule has 0 aromatic carbocycles. The van der Waals surface area contributed by atoms with Gasteiger partial charge in [-0.1, -0.05) is 13.8 Å². The second kappa shape index (κ2) is 3.61. The molecule has 0 N–H and O–H groups in total. The van der Waals surface area contributed by atoms with Crippen molar-refractivity contribution >= 4 is 15.9 Å². The van der Waals surface area contributed by atoms with Crippen molar-refractivity contribution in [1.29, 1.82) is 0 Å². The van der Waals surface area contributed by atoms with Crippen molar-refractivity contribution in [3.05, 3.63) is 27.7 Å². The number of rotatable bonds is 2. The number of hydrogen-bond donors (Lipinski definition) is 0. The van der Waals surface area contributed by atoms with Gasteiger partial charge in [-0.05, 0) is 40.8 Å². The maximum atomic E-state index is 13.7. The Morgan fingerprint density at radius 1 is 1.50 bits per heavy atom. The van der Waals surface area contributed by atoms with Crippen molar-refractivity contribution < 1.29 is 4.39 Å². The first-order valence-electron chi connectivity index (χ1n) is 4.95. The number of hydrogen-bond acceptors (Lipinski definition) is 1. The lowest BCUT2D eigenvalue weighted by molar-refractivity contribution is 0.588. The zero-order chi connectivity index (χ0) is 10.3. The van der Waals surface area contributed by atoms with Gasteiger partial charge in [-0.25, -0.2) is 9.37 Å². The summed E-state index contributed by atoms with van der Waals surface area (Å²) in [6.07, 6.45) is 2.31. The Kier molecular flexibility index (Phi) is 2.60. The smallest absolute Gasteiger partial charge is 0.131 e. The summed E-state index contributed by atoms with van der Waals surface area (Å²) < 4.78 is 14.4. The van der Waals surface area contributed by atoms with Gasteiger partial charge in [0.2, 0.25) is 0 Å². The second-order valence-electron chi connectivity index (χ2n) is 4.16. The van der Waals surface area contributed by atoms with Crippen molar-refractivity contribution in [3.8, 4) is 0 Å². The molecule has 0 unspecified atom stereocenters. The minimum Gasteiger partial charge on any atom is -0.245 e. The number of nitrogens with zero attached hydrogens (tertiary/aromatic N) is 1. The standard InChI is InChI=1S/C11H13BrFN/c1-6(2)10-8(13)5-9(7-3-4-7)14-11(10)12/h5-7H,3-4H2,1-2H3. The van der Waals surface area contributed by atoms with Gasteiger partial charge in [-0.3, -0.25) is 0 Å². The van der Waals surface area contributed by atoms with E-state index in [9.17, 15) is 4.39 Å². The molecule has 0 radical (unpaired) electrons. The van der Waals surface area contributed by atoms with E-state index in [1.807, 2.05) is 13.8 Å². The predicted molar refractivity (Wildman–Crippen MR) is 58.0 cm³/mol. The first-order valence-corrected chi connectivity index (χ1v) is 5.74. The molecule has 0 amide bonds. The number of pyridine rings is 1. The van der Waals surface area contributed by atoms with Gasteiger partial charge in [0.1, 0.15) is 10.4 Å². The lowest BCUT2D eigenvalue weighted by atomic mass is 10.0. The highest BCUT2D eigenvalue weighted by atomic mass is 79.9. The zero-order valence-electron chi connectivity index (χ0n) is 8.35. The molecule has 76 valence electrons. The van der Waals surface area contributed by atoms with E-state index in [1.165, 1.54) is 0 Å². The fourth-order valence-corrected chi connectivity index (χ4v) is 2.47. The van der Waals surface area contributed by atoms with E-state index in [0.29, 0.717) is 16.1 Å². The summed E-state index contributed by atoms with van der Waals surface area (Å²) >= 11 is 3.34. The van der Waals surface area contributed by atoms with Crippen LogP contribution in [0.2, 0.25) is 0 Å². The van der Waals surface area contributed by atoms with Crippen LogP contribution in [0.15, 0.2) is 10.7 Å². The minimum absolute atomic E-state index is 0.122. The molecular formula is C11H13BrFN. The fourth-order valence-electron chi connectivity index (χ4n) is 1.61. The summed E-state index contributed by atoms with van der Waals surface area (Å²) in [5.41, 5.74) is 1.59. The molecule has 0 saturated heterocycles. The molecule has 1 saturated carbocycles. The summed E-state index contributed by atoms with van der Waals surface area (Å²) in [5.74, 6) is 0.552. The van der Waals surface area contributed by atoms with E-state index in [2.05, 4.69) is 20.9 Å². The van der Waals surface area contributed by atoms with Crippen LogP contribution in [0.4, 0.5) is 4.39 Å². The van der Waals surface area contributed by atoms with E-state index in [0.717, 1.165) is 18.5 Å². The van der Waals surface area contributed by atoms with Crippen molar-refractivity contribution in [1.82, 2.24) is 4.98 Å². The molecule has 0 bridgehead atoms. The van der Waals surface area contributed by atoms with Gasteiger partial charge in [0.25, 0.3) is 0 Å². The average molecular weight is 258 g/mol. The van der Waals surface area contributed by atoms with Crippen LogP contribution in [0.3, 0.4) is 0 Å². The van der Waals surface area contributed by atoms with E-state index in [-0.39, 0.29) is 11.7 Å². The van der Waals surface area contributed by atoms with Crippen LogP contribution in [0, 0.1) is 5.82 Å². The van der Waals surface area contributed by atoms with Crippen LogP contribution in [0.5, 0.6) is 0 Å². The highest BCUT2D eigenvalue weighted by molar-refractivity contribution is 9.10. The molecule has 1 aliphatic carbocycles. The van der Waals surface area contributed by atoms with E-state index in [1.54, 1.807) is 6.07 Å². The second-order valence-corrected chi connectivity index (χ2v) is 4.91. The summed E-state index contributed by atoms with van der Waals surface area (Å²) in [4.78, 5) is 4.39. The summed E-state index contributed by atoms with van der Waals surface area (Å²) in [5, 5.41) is 0. The van der Waals surface area contributed by atoms with Crippen LogP contribution < -0.4 is 0 Å². The molecule has 1 nitrogen and oxygen atoms in total. The molecular weight excluding hydrogens is 245 g/mol.